The predicted octanol–water partition coefficient (Wildman–Crippen LogP) is 2.65. The Bertz CT molecular complexity index is 430. The standard InChI is InChI=1S/C13H16ClNO3/c14-11-5-1-4-10(12(11)15)13(16)18-8-6-9-3-2-7-17-9/h1,4-5,9H,2-3,6-8,15H2. The lowest BCUT2D eigenvalue weighted by molar-refractivity contribution is 0.0387. The van der Waals surface area contributed by atoms with Crippen LogP contribution in [0.25, 0.3) is 0 Å². The number of benzene rings is 1. The van der Waals surface area contributed by atoms with Crippen molar-refractivity contribution in [2.24, 2.45) is 0 Å². The number of hydrogen-bond donors (Lipinski definition) is 1. The number of carbonyl (C=O) groups excluding carboxylic acids is 1. The Morgan fingerprint density at radius 2 is 2.39 bits per heavy atom. The van der Waals surface area contributed by atoms with Gasteiger partial charge in [0.15, 0.2) is 0 Å². The van der Waals surface area contributed by atoms with Crippen molar-refractivity contribution in [2.75, 3.05) is 18.9 Å². The van der Waals surface area contributed by atoms with E-state index in [0.717, 1.165) is 25.9 Å². The second-order valence-electron chi connectivity index (χ2n) is 4.26. The van der Waals surface area contributed by atoms with E-state index in [1.165, 1.54) is 0 Å². The molecule has 0 radical (unpaired) electrons. The van der Waals surface area contributed by atoms with Gasteiger partial charge in [0.25, 0.3) is 0 Å². The molecule has 1 aliphatic heterocycles. The minimum Gasteiger partial charge on any atom is -0.462 e. The van der Waals surface area contributed by atoms with Crippen molar-refractivity contribution < 1.29 is 14.3 Å². The smallest absolute Gasteiger partial charge is 0.340 e. The van der Waals surface area contributed by atoms with Crippen molar-refractivity contribution in [1.29, 1.82) is 0 Å². The van der Waals surface area contributed by atoms with E-state index in [2.05, 4.69) is 0 Å². The quantitative estimate of drug-likeness (QED) is 0.674. The van der Waals surface area contributed by atoms with E-state index in [4.69, 9.17) is 26.8 Å². The highest BCUT2D eigenvalue weighted by Crippen LogP contribution is 2.23. The summed E-state index contributed by atoms with van der Waals surface area (Å²) < 4.78 is 10.6. The summed E-state index contributed by atoms with van der Waals surface area (Å²) >= 11 is 5.84. The molecule has 1 atom stereocenters. The fourth-order valence-electron chi connectivity index (χ4n) is 1.95. The molecule has 1 aliphatic rings. The number of esters is 1. The molecule has 1 saturated heterocycles. The first-order chi connectivity index (χ1) is 8.68. The number of rotatable bonds is 4. The van der Waals surface area contributed by atoms with E-state index in [1.54, 1.807) is 18.2 Å². The van der Waals surface area contributed by atoms with Gasteiger partial charge in [-0.25, -0.2) is 4.79 Å². The molecule has 4 nitrogen and oxygen atoms in total. The summed E-state index contributed by atoms with van der Waals surface area (Å²) in [5, 5.41) is 0.364. The maximum absolute atomic E-state index is 11.8. The molecule has 1 aromatic rings. The van der Waals surface area contributed by atoms with Gasteiger partial charge < -0.3 is 15.2 Å². The van der Waals surface area contributed by atoms with Crippen LogP contribution in [0.1, 0.15) is 29.6 Å². The van der Waals surface area contributed by atoms with Crippen LogP contribution >= 0.6 is 11.6 Å². The Morgan fingerprint density at radius 3 is 3.11 bits per heavy atom. The van der Waals surface area contributed by atoms with Crippen LogP contribution in [0, 0.1) is 0 Å². The first-order valence-corrected chi connectivity index (χ1v) is 6.39. The van der Waals surface area contributed by atoms with Crippen LogP contribution < -0.4 is 5.73 Å². The molecular weight excluding hydrogens is 254 g/mol. The Balaban J connectivity index is 1.85. The van der Waals surface area contributed by atoms with E-state index in [0.29, 0.717) is 17.2 Å². The van der Waals surface area contributed by atoms with Crippen LogP contribution in [-0.4, -0.2) is 25.3 Å². The average molecular weight is 270 g/mol. The maximum Gasteiger partial charge on any atom is 0.340 e. The molecule has 1 fully saturated rings. The molecule has 2 N–H and O–H groups in total. The molecule has 0 aliphatic carbocycles. The normalized spacial score (nSPS) is 18.8. The number of para-hydroxylation sites is 1. The molecule has 5 heteroatoms. The van der Waals surface area contributed by atoms with Crippen LogP contribution in [0.3, 0.4) is 0 Å². The minimum absolute atomic E-state index is 0.217. The lowest BCUT2D eigenvalue weighted by Gasteiger charge is -2.10. The highest BCUT2D eigenvalue weighted by Gasteiger charge is 2.17. The molecule has 1 heterocycles. The molecule has 2 rings (SSSR count). The van der Waals surface area contributed by atoms with Gasteiger partial charge in [0.2, 0.25) is 0 Å². The van der Waals surface area contributed by atoms with Crippen molar-refractivity contribution in [3.8, 4) is 0 Å². The Morgan fingerprint density at radius 1 is 1.56 bits per heavy atom. The van der Waals surface area contributed by atoms with Crippen LogP contribution in [-0.2, 0) is 9.47 Å². The lowest BCUT2D eigenvalue weighted by atomic mass is 10.2. The highest BCUT2D eigenvalue weighted by atomic mass is 35.5. The maximum atomic E-state index is 11.8. The van der Waals surface area contributed by atoms with E-state index in [1.807, 2.05) is 0 Å². The third-order valence-electron chi connectivity index (χ3n) is 2.97. The minimum atomic E-state index is -0.437. The van der Waals surface area contributed by atoms with Gasteiger partial charge in [-0.2, -0.15) is 0 Å². The van der Waals surface area contributed by atoms with Gasteiger partial charge in [0.1, 0.15) is 0 Å². The first kappa shape index (κ1) is 13.2. The summed E-state index contributed by atoms with van der Waals surface area (Å²) in [6.45, 7) is 1.15. The zero-order valence-corrected chi connectivity index (χ0v) is 10.8. The monoisotopic (exact) mass is 269 g/mol. The summed E-state index contributed by atoms with van der Waals surface area (Å²) in [4.78, 5) is 11.8. The third-order valence-corrected chi connectivity index (χ3v) is 3.30. The number of anilines is 1. The zero-order chi connectivity index (χ0) is 13.0. The SMILES string of the molecule is Nc1c(Cl)cccc1C(=O)OCCC1CCCO1. The molecular formula is C13H16ClNO3. The number of halogens is 1. The predicted molar refractivity (Wildman–Crippen MR) is 69.7 cm³/mol. The molecule has 0 spiro atoms. The summed E-state index contributed by atoms with van der Waals surface area (Å²) in [6, 6.07) is 4.92. The van der Waals surface area contributed by atoms with Crippen molar-refractivity contribution in [3.63, 3.8) is 0 Å². The summed E-state index contributed by atoms with van der Waals surface area (Å²) in [6.07, 6.45) is 3.07. The number of carbonyl (C=O) groups is 1. The van der Waals surface area contributed by atoms with Gasteiger partial charge in [0, 0.05) is 13.0 Å². The Labute approximate surface area is 111 Å². The van der Waals surface area contributed by atoms with Crippen molar-refractivity contribution in [2.45, 2.75) is 25.4 Å². The van der Waals surface area contributed by atoms with E-state index in [-0.39, 0.29) is 11.8 Å². The van der Waals surface area contributed by atoms with Crippen molar-refractivity contribution in [3.05, 3.63) is 28.8 Å². The second-order valence-corrected chi connectivity index (χ2v) is 4.67. The van der Waals surface area contributed by atoms with Crippen LogP contribution in [0.5, 0.6) is 0 Å². The molecule has 1 aromatic carbocycles. The Hall–Kier alpha value is -1.26. The lowest BCUT2D eigenvalue weighted by Crippen LogP contribution is -2.14. The molecule has 1 unspecified atom stereocenters. The summed E-state index contributed by atoms with van der Waals surface area (Å²) in [5.41, 5.74) is 6.30. The van der Waals surface area contributed by atoms with Gasteiger partial charge in [-0.05, 0) is 25.0 Å². The second kappa shape index (κ2) is 6.07. The number of nitrogens with two attached hydrogens (primary N) is 1. The number of ether oxygens (including phenoxy) is 2. The average Bonchev–Trinajstić information content (AvgIpc) is 2.85. The van der Waals surface area contributed by atoms with Gasteiger partial charge in [0.05, 0.1) is 29.0 Å². The molecule has 0 saturated carbocycles. The number of nitrogen functional groups attached to an aromatic ring is 1. The molecule has 0 aromatic heterocycles. The van der Waals surface area contributed by atoms with Crippen molar-refractivity contribution >= 4 is 23.3 Å². The van der Waals surface area contributed by atoms with Gasteiger partial charge in [-0.15, -0.1) is 0 Å². The van der Waals surface area contributed by atoms with Crippen LogP contribution in [0.15, 0.2) is 18.2 Å². The van der Waals surface area contributed by atoms with E-state index >= 15 is 0 Å². The van der Waals surface area contributed by atoms with E-state index in [9.17, 15) is 4.79 Å². The van der Waals surface area contributed by atoms with Crippen molar-refractivity contribution in [1.82, 2.24) is 0 Å². The molecule has 98 valence electrons. The third kappa shape index (κ3) is 3.15. The van der Waals surface area contributed by atoms with Crippen LogP contribution in [0.4, 0.5) is 5.69 Å². The topological polar surface area (TPSA) is 61.6 Å². The molecule has 0 bridgehead atoms. The largest absolute Gasteiger partial charge is 0.462 e. The zero-order valence-electron chi connectivity index (χ0n) is 10.0. The number of hydrogen-bond acceptors (Lipinski definition) is 4. The van der Waals surface area contributed by atoms with Gasteiger partial charge >= 0.3 is 5.97 Å². The highest BCUT2D eigenvalue weighted by molar-refractivity contribution is 6.33. The first-order valence-electron chi connectivity index (χ1n) is 6.01. The van der Waals surface area contributed by atoms with E-state index < -0.39 is 5.97 Å². The summed E-state index contributed by atoms with van der Waals surface area (Å²) in [7, 11) is 0. The van der Waals surface area contributed by atoms with Gasteiger partial charge in [-0.3, -0.25) is 0 Å². The summed E-state index contributed by atoms with van der Waals surface area (Å²) in [5.74, 6) is -0.437. The Kier molecular flexibility index (Phi) is 4.44. The fourth-order valence-corrected chi connectivity index (χ4v) is 2.12. The fraction of sp³-hybridized carbons (Fsp3) is 0.462. The van der Waals surface area contributed by atoms with Gasteiger partial charge in [-0.1, -0.05) is 17.7 Å². The van der Waals surface area contributed by atoms with Crippen LogP contribution in [0.2, 0.25) is 5.02 Å². The molecule has 18 heavy (non-hydrogen) atoms. The molecule has 0 amide bonds.